The topological polar surface area (TPSA) is 53.0 Å². The van der Waals surface area contributed by atoms with Crippen molar-refractivity contribution in [2.45, 2.75) is 25.9 Å². The van der Waals surface area contributed by atoms with Gasteiger partial charge in [0.25, 0.3) is 0 Å². The van der Waals surface area contributed by atoms with Gasteiger partial charge in [-0.2, -0.15) is 0 Å². The highest BCUT2D eigenvalue weighted by atomic mass is 16.6. The molecular weight excluding hydrogens is 252 g/mol. The SMILES string of the molecule is CC(c1ccc(O)cc1)c1ccc(O)cc1.CC1CO1. The van der Waals surface area contributed by atoms with Gasteiger partial charge in [-0.15, -0.1) is 0 Å². The van der Waals surface area contributed by atoms with Crippen LogP contribution in [0.25, 0.3) is 0 Å². The quantitative estimate of drug-likeness (QED) is 0.820. The normalized spacial score (nSPS) is 16.4. The van der Waals surface area contributed by atoms with Gasteiger partial charge in [0.15, 0.2) is 0 Å². The molecular formula is C17H20O3. The van der Waals surface area contributed by atoms with E-state index in [4.69, 9.17) is 4.74 Å². The number of rotatable bonds is 2. The summed E-state index contributed by atoms with van der Waals surface area (Å²) < 4.78 is 4.71. The Morgan fingerprint density at radius 1 is 0.900 bits per heavy atom. The number of epoxide rings is 1. The van der Waals surface area contributed by atoms with Gasteiger partial charge >= 0.3 is 0 Å². The zero-order chi connectivity index (χ0) is 14.5. The van der Waals surface area contributed by atoms with E-state index >= 15 is 0 Å². The first kappa shape index (κ1) is 14.4. The number of hydrogen-bond acceptors (Lipinski definition) is 3. The van der Waals surface area contributed by atoms with Crippen LogP contribution in [0.3, 0.4) is 0 Å². The molecule has 0 amide bonds. The van der Waals surface area contributed by atoms with E-state index < -0.39 is 0 Å². The maximum Gasteiger partial charge on any atom is 0.115 e. The largest absolute Gasteiger partial charge is 0.508 e. The van der Waals surface area contributed by atoms with Crippen molar-refractivity contribution in [1.82, 2.24) is 0 Å². The van der Waals surface area contributed by atoms with E-state index in [2.05, 4.69) is 13.8 Å². The fraction of sp³-hybridized carbons (Fsp3) is 0.294. The standard InChI is InChI=1S/C14H14O2.C3H6O/c1-10(11-2-6-13(15)7-3-11)12-4-8-14(16)9-5-12;1-3-2-4-3/h2-10,15-16H,1H3;3H,2H2,1H3. The van der Waals surface area contributed by atoms with Crippen LogP contribution >= 0.6 is 0 Å². The molecule has 2 N–H and O–H groups in total. The Balaban J connectivity index is 0.000000315. The third-order valence-corrected chi connectivity index (χ3v) is 3.29. The molecule has 0 aliphatic carbocycles. The van der Waals surface area contributed by atoms with Gasteiger partial charge in [0, 0.05) is 5.92 Å². The summed E-state index contributed by atoms with van der Waals surface area (Å²) in [4.78, 5) is 0. The summed E-state index contributed by atoms with van der Waals surface area (Å²) in [6.45, 7) is 5.14. The Kier molecular flexibility index (Phi) is 4.64. The first-order chi connectivity index (χ1) is 9.56. The Morgan fingerprint density at radius 2 is 1.20 bits per heavy atom. The first-order valence-electron chi connectivity index (χ1n) is 6.75. The van der Waals surface area contributed by atoms with Gasteiger partial charge < -0.3 is 14.9 Å². The van der Waals surface area contributed by atoms with Gasteiger partial charge in [-0.25, -0.2) is 0 Å². The van der Waals surface area contributed by atoms with Crippen LogP contribution < -0.4 is 0 Å². The van der Waals surface area contributed by atoms with Crippen LogP contribution in [0.1, 0.15) is 30.9 Å². The lowest BCUT2D eigenvalue weighted by molar-refractivity contribution is 0.423. The van der Waals surface area contributed by atoms with Crippen LogP contribution in [0.15, 0.2) is 48.5 Å². The fourth-order valence-electron chi connectivity index (χ4n) is 1.81. The summed E-state index contributed by atoms with van der Waals surface area (Å²) in [5.41, 5.74) is 2.28. The molecule has 20 heavy (non-hydrogen) atoms. The van der Waals surface area contributed by atoms with Crippen molar-refractivity contribution in [2.24, 2.45) is 0 Å². The zero-order valence-corrected chi connectivity index (χ0v) is 11.8. The fourth-order valence-corrected chi connectivity index (χ4v) is 1.81. The molecule has 1 heterocycles. The molecule has 0 spiro atoms. The number of phenolic OH excluding ortho intramolecular Hbond substituents is 2. The summed E-state index contributed by atoms with van der Waals surface area (Å²) >= 11 is 0. The van der Waals surface area contributed by atoms with E-state index in [-0.39, 0.29) is 17.4 Å². The minimum absolute atomic E-state index is 0.251. The van der Waals surface area contributed by atoms with Crippen LogP contribution in [0.2, 0.25) is 0 Å². The minimum atomic E-state index is 0.251. The molecule has 0 saturated carbocycles. The van der Waals surface area contributed by atoms with Crippen molar-refractivity contribution in [3.63, 3.8) is 0 Å². The van der Waals surface area contributed by atoms with Crippen molar-refractivity contribution in [3.05, 3.63) is 59.7 Å². The third kappa shape index (κ3) is 4.28. The van der Waals surface area contributed by atoms with Crippen molar-refractivity contribution in [2.75, 3.05) is 6.61 Å². The van der Waals surface area contributed by atoms with Crippen LogP contribution in [0.4, 0.5) is 0 Å². The molecule has 1 aliphatic rings. The van der Waals surface area contributed by atoms with Crippen LogP contribution in [0, 0.1) is 0 Å². The highest BCUT2D eigenvalue weighted by Crippen LogP contribution is 2.26. The number of phenols is 2. The van der Waals surface area contributed by atoms with E-state index in [0.717, 1.165) is 17.7 Å². The second kappa shape index (κ2) is 6.44. The van der Waals surface area contributed by atoms with Crippen molar-refractivity contribution in [1.29, 1.82) is 0 Å². The second-order valence-corrected chi connectivity index (χ2v) is 5.05. The Morgan fingerprint density at radius 3 is 1.45 bits per heavy atom. The average Bonchev–Trinajstić information content (AvgIpc) is 3.23. The van der Waals surface area contributed by atoms with Crippen LogP contribution in [-0.2, 0) is 4.74 Å². The monoisotopic (exact) mass is 272 g/mol. The van der Waals surface area contributed by atoms with Crippen molar-refractivity contribution in [3.8, 4) is 11.5 Å². The van der Waals surface area contributed by atoms with E-state index in [1.165, 1.54) is 0 Å². The Bertz CT molecular complexity index is 482. The third-order valence-electron chi connectivity index (χ3n) is 3.29. The molecule has 3 nitrogen and oxygen atoms in total. The van der Waals surface area contributed by atoms with Crippen molar-refractivity contribution >= 4 is 0 Å². The van der Waals surface area contributed by atoms with Crippen LogP contribution in [-0.4, -0.2) is 22.9 Å². The smallest absolute Gasteiger partial charge is 0.115 e. The van der Waals surface area contributed by atoms with Crippen molar-refractivity contribution < 1.29 is 14.9 Å². The molecule has 1 aliphatic heterocycles. The lowest BCUT2D eigenvalue weighted by atomic mass is 9.93. The molecule has 2 aromatic carbocycles. The maximum absolute atomic E-state index is 9.21. The molecule has 0 aromatic heterocycles. The molecule has 0 bridgehead atoms. The molecule has 1 atom stereocenters. The molecule has 0 radical (unpaired) electrons. The summed E-state index contributed by atoms with van der Waals surface area (Å²) in [6.07, 6.45) is 0.583. The molecule has 3 rings (SSSR count). The summed E-state index contributed by atoms with van der Waals surface area (Å²) in [6, 6.07) is 14.4. The van der Waals surface area contributed by atoms with Gasteiger partial charge in [-0.3, -0.25) is 0 Å². The molecule has 1 fully saturated rings. The predicted octanol–water partition coefficient (Wildman–Crippen LogP) is 3.65. The van der Waals surface area contributed by atoms with E-state index in [9.17, 15) is 10.2 Å². The lowest BCUT2D eigenvalue weighted by Gasteiger charge is -2.12. The second-order valence-electron chi connectivity index (χ2n) is 5.05. The highest BCUT2D eigenvalue weighted by molar-refractivity contribution is 5.36. The zero-order valence-electron chi connectivity index (χ0n) is 11.8. The maximum atomic E-state index is 9.21. The van der Waals surface area contributed by atoms with E-state index in [1.54, 1.807) is 24.3 Å². The van der Waals surface area contributed by atoms with E-state index in [0.29, 0.717) is 6.10 Å². The molecule has 1 unspecified atom stereocenters. The predicted molar refractivity (Wildman–Crippen MR) is 79.1 cm³/mol. The summed E-state index contributed by atoms with van der Waals surface area (Å²) in [5, 5.41) is 18.4. The lowest BCUT2D eigenvalue weighted by Crippen LogP contribution is -1.94. The molecule has 1 saturated heterocycles. The van der Waals surface area contributed by atoms with Gasteiger partial charge in [0.2, 0.25) is 0 Å². The molecule has 2 aromatic rings. The number of benzene rings is 2. The Labute approximate surface area is 119 Å². The number of hydrogen-bond donors (Lipinski definition) is 2. The summed E-state index contributed by atoms with van der Waals surface area (Å²) in [5.74, 6) is 0.810. The molecule has 3 heteroatoms. The van der Waals surface area contributed by atoms with Gasteiger partial charge in [-0.05, 0) is 42.3 Å². The average molecular weight is 272 g/mol. The van der Waals surface area contributed by atoms with Gasteiger partial charge in [-0.1, -0.05) is 31.2 Å². The van der Waals surface area contributed by atoms with Crippen LogP contribution in [0.5, 0.6) is 11.5 Å². The number of aromatic hydroxyl groups is 2. The Hall–Kier alpha value is -2.00. The van der Waals surface area contributed by atoms with Gasteiger partial charge in [0.1, 0.15) is 11.5 Å². The summed E-state index contributed by atoms with van der Waals surface area (Å²) in [7, 11) is 0. The first-order valence-corrected chi connectivity index (χ1v) is 6.75. The minimum Gasteiger partial charge on any atom is -0.508 e. The molecule has 106 valence electrons. The van der Waals surface area contributed by atoms with E-state index in [1.807, 2.05) is 24.3 Å². The highest BCUT2D eigenvalue weighted by Gasteiger charge is 2.13. The number of ether oxygens (including phenoxy) is 1. The van der Waals surface area contributed by atoms with Gasteiger partial charge in [0.05, 0.1) is 12.7 Å².